The zero-order valence-electron chi connectivity index (χ0n) is 23.7. The van der Waals surface area contributed by atoms with Gasteiger partial charge in [0.2, 0.25) is 0 Å². The molecule has 0 aliphatic carbocycles. The number of nitrogens with zero attached hydrogens (tertiary/aromatic N) is 1. The molecule has 1 heterocycles. The average molecular weight is 551 g/mol. The molecule has 0 aliphatic heterocycles. The van der Waals surface area contributed by atoms with Gasteiger partial charge < -0.3 is 5.73 Å². The van der Waals surface area contributed by atoms with Gasteiger partial charge in [0.25, 0.3) is 0 Å². The van der Waals surface area contributed by atoms with Crippen molar-refractivity contribution in [2.24, 2.45) is 0 Å². The van der Waals surface area contributed by atoms with Crippen LogP contribution in [0.2, 0.25) is 0 Å². The highest BCUT2D eigenvalue weighted by atomic mass is 14.7. The number of nitrogen functional groups attached to an aromatic ring is 1. The first kappa shape index (κ1) is 26.2. The molecule has 0 atom stereocenters. The Labute approximate surface area is 252 Å². The molecule has 2 N–H and O–H groups in total. The molecule has 0 amide bonds. The zero-order chi connectivity index (χ0) is 29.0. The van der Waals surface area contributed by atoms with Crippen molar-refractivity contribution in [3.8, 4) is 67.0 Å². The predicted molar refractivity (Wildman–Crippen MR) is 181 cm³/mol. The van der Waals surface area contributed by atoms with E-state index in [1.165, 1.54) is 22.3 Å². The first-order valence-corrected chi connectivity index (χ1v) is 14.5. The van der Waals surface area contributed by atoms with Crippen LogP contribution in [0.1, 0.15) is 0 Å². The van der Waals surface area contributed by atoms with E-state index in [0.29, 0.717) is 0 Å². The van der Waals surface area contributed by atoms with Crippen LogP contribution in [-0.2, 0) is 0 Å². The fraction of sp³-hybridized carbons (Fsp3) is 0. The lowest BCUT2D eigenvalue weighted by Gasteiger charge is -2.12. The molecular weight excluding hydrogens is 520 g/mol. The average Bonchev–Trinajstić information content (AvgIpc) is 3.09. The van der Waals surface area contributed by atoms with Gasteiger partial charge in [0, 0.05) is 16.8 Å². The van der Waals surface area contributed by atoms with E-state index >= 15 is 0 Å². The van der Waals surface area contributed by atoms with Crippen molar-refractivity contribution < 1.29 is 0 Å². The van der Waals surface area contributed by atoms with Crippen molar-refractivity contribution in [3.05, 3.63) is 170 Å². The molecule has 2 heteroatoms. The second-order valence-corrected chi connectivity index (χ2v) is 10.7. The second kappa shape index (κ2) is 11.6. The highest BCUT2D eigenvalue weighted by Crippen LogP contribution is 2.33. The fourth-order valence-electron chi connectivity index (χ4n) is 5.45. The van der Waals surface area contributed by atoms with Gasteiger partial charge in [-0.1, -0.05) is 146 Å². The summed E-state index contributed by atoms with van der Waals surface area (Å²) < 4.78 is 0. The summed E-state index contributed by atoms with van der Waals surface area (Å²) in [5.41, 5.74) is 20.1. The number of pyridine rings is 1. The van der Waals surface area contributed by atoms with Gasteiger partial charge >= 0.3 is 0 Å². The van der Waals surface area contributed by atoms with Crippen molar-refractivity contribution in [1.29, 1.82) is 0 Å². The number of nitrogens with two attached hydrogens (primary N) is 1. The van der Waals surface area contributed by atoms with Gasteiger partial charge in [-0.05, 0) is 68.8 Å². The van der Waals surface area contributed by atoms with Gasteiger partial charge in [-0.25, -0.2) is 4.98 Å². The van der Waals surface area contributed by atoms with E-state index in [1.807, 2.05) is 24.3 Å². The van der Waals surface area contributed by atoms with Gasteiger partial charge in [0.05, 0.1) is 11.4 Å². The van der Waals surface area contributed by atoms with E-state index in [4.69, 9.17) is 10.7 Å². The molecule has 0 spiro atoms. The van der Waals surface area contributed by atoms with Gasteiger partial charge in [-0.3, -0.25) is 0 Å². The maximum atomic E-state index is 5.90. The van der Waals surface area contributed by atoms with Crippen LogP contribution in [0.15, 0.2) is 170 Å². The summed E-state index contributed by atoms with van der Waals surface area (Å²) in [7, 11) is 0. The summed E-state index contributed by atoms with van der Waals surface area (Å²) in [6.45, 7) is 0. The minimum Gasteiger partial charge on any atom is -0.399 e. The smallest absolute Gasteiger partial charge is 0.0715 e. The first-order valence-electron chi connectivity index (χ1n) is 14.5. The second-order valence-electron chi connectivity index (χ2n) is 10.7. The Hall–Kier alpha value is -5.73. The van der Waals surface area contributed by atoms with Gasteiger partial charge in [0.1, 0.15) is 0 Å². The van der Waals surface area contributed by atoms with E-state index in [9.17, 15) is 0 Å². The maximum Gasteiger partial charge on any atom is 0.0715 e. The standard InChI is InChI=1S/C41H30N2/c42-39-25-23-34(24-26-39)33-17-21-37(22-18-33)41-28-38(35-13-11-31(12-14-35)29-7-3-1-4-8-29)27-40(43-41)36-19-15-32(16-20-36)30-9-5-2-6-10-30/h1-28H,42H2. The van der Waals surface area contributed by atoms with Crippen molar-refractivity contribution in [3.63, 3.8) is 0 Å². The lowest BCUT2D eigenvalue weighted by Crippen LogP contribution is -1.92. The summed E-state index contributed by atoms with van der Waals surface area (Å²) in [6, 6.07) is 59.4. The highest BCUT2D eigenvalue weighted by Gasteiger charge is 2.11. The summed E-state index contributed by atoms with van der Waals surface area (Å²) in [4.78, 5) is 5.16. The molecule has 1 aromatic heterocycles. The molecule has 6 aromatic carbocycles. The van der Waals surface area contributed by atoms with E-state index in [2.05, 4.69) is 146 Å². The Morgan fingerprint density at radius 3 is 0.930 bits per heavy atom. The normalized spacial score (nSPS) is 10.9. The number of rotatable bonds is 6. The number of hydrogen-bond acceptors (Lipinski definition) is 2. The van der Waals surface area contributed by atoms with Crippen LogP contribution in [0.25, 0.3) is 67.0 Å². The third-order valence-electron chi connectivity index (χ3n) is 7.86. The van der Waals surface area contributed by atoms with Crippen molar-refractivity contribution in [2.45, 2.75) is 0 Å². The van der Waals surface area contributed by atoms with Crippen molar-refractivity contribution >= 4 is 5.69 Å². The lowest BCUT2D eigenvalue weighted by molar-refractivity contribution is 1.32. The van der Waals surface area contributed by atoms with Gasteiger partial charge in [-0.15, -0.1) is 0 Å². The van der Waals surface area contributed by atoms with Crippen molar-refractivity contribution in [2.75, 3.05) is 5.73 Å². The Kier molecular flexibility index (Phi) is 7.09. The Balaban J connectivity index is 1.28. The molecule has 0 saturated heterocycles. The van der Waals surface area contributed by atoms with E-state index in [0.717, 1.165) is 50.5 Å². The Morgan fingerprint density at radius 2 is 0.558 bits per heavy atom. The number of aromatic nitrogens is 1. The largest absolute Gasteiger partial charge is 0.399 e. The molecule has 204 valence electrons. The lowest BCUT2D eigenvalue weighted by atomic mass is 9.96. The molecule has 0 unspecified atom stereocenters. The van der Waals surface area contributed by atoms with Crippen LogP contribution in [-0.4, -0.2) is 4.98 Å². The molecule has 7 rings (SSSR count). The summed E-state index contributed by atoms with van der Waals surface area (Å²) in [5.74, 6) is 0. The molecule has 0 saturated carbocycles. The maximum absolute atomic E-state index is 5.90. The minimum absolute atomic E-state index is 0.766. The molecule has 0 bridgehead atoms. The first-order chi connectivity index (χ1) is 21.2. The van der Waals surface area contributed by atoms with Crippen LogP contribution in [0, 0.1) is 0 Å². The van der Waals surface area contributed by atoms with Gasteiger partial charge in [0.15, 0.2) is 0 Å². The van der Waals surface area contributed by atoms with E-state index < -0.39 is 0 Å². The summed E-state index contributed by atoms with van der Waals surface area (Å²) >= 11 is 0. The van der Waals surface area contributed by atoms with Crippen molar-refractivity contribution in [1.82, 2.24) is 4.98 Å². The monoisotopic (exact) mass is 550 g/mol. The van der Waals surface area contributed by atoms with Crippen LogP contribution in [0.5, 0.6) is 0 Å². The SMILES string of the molecule is Nc1ccc(-c2ccc(-c3cc(-c4ccc(-c5ccccc5)cc4)cc(-c4ccc(-c5ccccc5)cc4)n3)cc2)cc1. The van der Waals surface area contributed by atoms with Gasteiger partial charge in [-0.2, -0.15) is 0 Å². The van der Waals surface area contributed by atoms with Crippen LogP contribution < -0.4 is 5.73 Å². The third kappa shape index (κ3) is 5.72. The molecule has 0 radical (unpaired) electrons. The Bertz CT molecular complexity index is 1860. The zero-order valence-corrected chi connectivity index (χ0v) is 23.7. The molecule has 0 aliphatic rings. The Morgan fingerprint density at radius 1 is 0.279 bits per heavy atom. The molecule has 0 fully saturated rings. The van der Waals surface area contributed by atoms with Crippen LogP contribution >= 0.6 is 0 Å². The number of anilines is 1. The quantitative estimate of drug-likeness (QED) is 0.209. The summed E-state index contributed by atoms with van der Waals surface area (Å²) in [6.07, 6.45) is 0. The highest BCUT2D eigenvalue weighted by molar-refractivity contribution is 5.80. The topological polar surface area (TPSA) is 38.9 Å². The predicted octanol–water partition coefficient (Wildman–Crippen LogP) is 10.7. The van der Waals surface area contributed by atoms with E-state index in [-0.39, 0.29) is 0 Å². The van der Waals surface area contributed by atoms with Crippen LogP contribution in [0.3, 0.4) is 0 Å². The summed E-state index contributed by atoms with van der Waals surface area (Å²) in [5, 5.41) is 0. The van der Waals surface area contributed by atoms with E-state index in [1.54, 1.807) is 0 Å². The third-order valence-corrected chi connectivity index (χ3v) is 7.86. The molecular formula is C41H30N2. The molecule has 2 nitrogen and oxygen atoms in total. The molecule has 7 aromatic rings. The molecule has 43 heavy (non-hydrogen) atoms. The number of hydrogen-bond donors (Lipinski definition) is 1. The minimum atomic E-state index is 0.766. The van der Waals surface area contributed by atoms with Crippen LogP contribution in [0.4, 0.5) is 5.69 Å². The number of benzene rings is 6. The fourth-order valence-corrected chi connectivity index (χ4v) is 5.45.